The predicted octanol–water partition coefficient (Wildman–Crippen LogP) is 1.65. The number of rotatable bonds is 10. The molecule has 0 radical (unpaired) electrons. The van der Waals surface area contributed by atoms with Gasteiger partial charge in [-0.1, -0.05) is 27.2 Å². The van der Waals surface area contributed by atoms with Gasteiger partial charge in [-0.25, -0.2) is 0 Å². The van der Waals surface area contributed by atoms with Gasteiger partial charge in [0.05, 0.1) is 7.11 Å². The molecular formula is C13H28N2O2. The molecule has 17 heavy (non-hydrogen) atoms. The molecule has 0 aromatic carbocycles. The van der Waals surface area contributed by atoms with E-state index in [1.54, 1.807) is 0 Å². The van der Waals surface area contributed by atoms with Crippen molar-refractivity contribution in [2.75, 3.05) is 33.3 Å². The van der Waals surface area contributed by atoms with Gasteiger partial charge in [0.2, 0.25) is 0 Å². The van der Waals surface area contributed by atoms with Crippen LogP contribution in [0.3, 0.4) is 0 Å². The molecule has 0 aromatic heterocycles. The molecule has 0 bridgehead atoms. The monoisotopic (exact) mass is 244 g/mol. The van der Waals surface area contributed by atoms with E-state index < -0.39 is 0 Å². The Bertz CT molecular complexity index is 198. The van der Waals surface area contributed by atoms with Crippen molar-refractivity contribution in [3.63, 3.8) is 0 Å². The van der Waals surface area contributed by atoms with E-state index in [-0.39, 0.29) is 12.0 Å². The van der Waals surface area contributed by atoms with Crippen molar-refractivity contribution in [2.24, 2.45) is 0 Å². The molecule has 0 saturated heterocycles. The minimum Gasteiger partial charge on any atom is -0.468 e. The molecule has 0 saturated carbocycles. The third kappa shape index (κ3) is 7.34. The zero-order valence-electron chi connectivity index (χ0n) is 11.8. The predicted molar refractivity (Wildman–Crippen MR) is 71.1 cm³/mol. The van der Waals surface area contributed by atoms with Gasteiger partial charge in [0.15, 0.2) is 0 Å². The van der Waals surface area contributed by atoms with Crippen LogP contribution in [-0.2, 0) is 9.53 Å². The Hall–Kier alpha value is -0.610. The first-order chi connectivity index (χ1) is 8.19. The summed E-state index contributed by atoms with van der Waals surface area (Å²) in [4.78, 5) is 13.9. The first-order valence-corrected chi connectivity index (χ1v) is 6.73. The largest absolute Gasteiger partial charge is 0.468 e. The van der Waals surface area contributed by atoms with Crippen LogP contribution in [0, 0.1) is 0 Å². The van der Waals surface area contributed by atoms with Gasteiger partial charge in [0, 0.05) is 6.54 Å². The van der Waals surface area contributed by atoms with Crippen LogP contribution in [0.25, 0.3) is 0 Å². The molecule has 4 nitrogen and oxygen atoms in total. The number of methoxy groups -OCH3 is 1. The SMILES string of the molecule is CCCCN(CC)CC(NCCC)C(=O)OC. The molecule has 0 aliphatic rings. The third-order valence-electron chi connectivity index (χ3n) is 2.84. The minimum absolute atomic E-state index is 0.159. The lowest BCUT2D eigenvalue weighted by atomic mass is 10.2. The lowest BCUT2D eigenvalue weighted by Crippen LogP contribution is -2.47. The van der Waals surface area contributed by atoms with Gasteiger partial charge in [-0.2, -0.15) is 0 Å². The second kappa shape index (κ2) is 10.5. The van der Waals surface area contributed by atoms with E-state index in [9.17, 15) is 4.79 Å². The fraction of sp³-hybridized carbons (Fsp3) is 0.923. The van der Waals surface area contributed by atoms with E-state index in [1.165, 1.54) is 20.0 Å². The molecular weight excluding hydrogens is 216 g/mol. The van der Waals surface area contributed by atoms with Crippen LogP contribution in [0.1, 0.15) is 40.0 Å². The van der Waals surface area contributed by atoms with Gasteiger partial charge in [0.25, 0.3) is 0 Å². The summed E-state index contributed by atoms with van der Waals surface area (Å²) in [6.07, 6.45) is 3.38. The third-order valence-corrected chi connectivity index (χ3v) is 2.84. The normalized spacial score (nSPS) is 12.8. The molecule has 102 valence electrons. The second-order valence-electron chi connectivity index (χ2n) is 4.28. The quantitative estimate of drug-likeness (QED) is 0.593. The molecule has 0 aromatic rings. The zero-order valence-corrected chi connectivity index (χ0v) is 11.8. The number of ether oxygens (including phenoxy) is 1. The minimum atomic E-state index is -0.197. The maximum Gasteiger partial charge on any atom is 0.324 e. The molecule has 1 N–H and O–H groups in total. The van der Waals surface area contributed by atoms with Crippen molar-refractivity contribution < 1.29 is 9.53 Å². The van der Waals surface area contributed by atoms with Crippen molar-refractivity contribution in [3.05, 3.63) is 0 Å². The molecule has 4 heteroatoms. The number of nitrogens with one attached hydrogen (secondary N) is 1. The van der Waals surface area contributed by atoms with Crippen LogP contribution in [0.2, 0.25) is 0 Å². The fourth-order valence-electron chi connectivity index (χ4n) is 1.70. The van der Waals surface area contributed by atoms with Crippen molar-refractivity contribution in [2.45, 2.75) is 46.1 Å². The zero-order chi connectivity index (χ0) is 13.1. The fourth-order valence-corrected chi connectivity index (χ4v) is 1.70. The standard InChI is InChI=1S/C13H28N2O2/c1-5-8-10-15(7-3)11-12(13(16)17-4)14-9-6-2/h12,14H,5-11H2,1-4H3. The number of unbranched alkanes of at least 4 members (excludes halogenated alkanes) is 1. The molecule has 0 rings (SSSR count). The van der Waals surface area contributed by atoms with Crippen molar-refractivity contribution >= 4 is 5.97 Å². The highest BCUT2D eigenvalue weighted by Gasteiger charge is 2.20. The van der Waals surface area contributed by atoms with E-state index in [0.29, 0.717) is 0 Å². The summed E-state index contributed by atoms with van der Waals surface area (Å²) in [5.41, 5.74) is 0. The highest BCUT2D eigenvalue weighted by Crippen LogP contribution is 1.99. The molecule has 0 heterocycles. The molecule has 0 aliphatic heterocycles. The summed E-state index contributed by atoms with van der Waals surface area (Å²) in [7, 11) is 1.45. The van der Waals surface area contributed by atoms with Crippen LogP contribution in [0.4, 0.5) is 0 Å². The maximum absolute atomic E-state index is 11.6. The Labute approximate surface area is 106 Å². The van der Waals surface area contributed by atoms with E-state index in [4.69, 9.17) is 4.74 Å². The topological polar surface area (TPSA) is 41.6 Å². The first-order valence-electron chi connectivity index (χ1n) is 6.73. The Kier molecular flexibility index (Phi) is 10.2. The van der Waals surface area contributed by atoms with E-state index in [1.807, 2.05) is 0 Å². The number of carbonyl (C=O) groups is 1. The smallest absolute Gasteiger partial charge is 0.324 e. The first kappa shape index (κ1) is 16.4. The van der Waals surface area contributed by atoms with Gasteiger partial charge in [-0.05, 0) is 32.5 Å². The second-order valence-corrected chi connectivity index (χ2v) is 4.28. The molecule has 0 aliphatic carbocycles. The molecule has 0 spiro atoms. The van der Waals surface area contributed by atoms with Crippen LogP contribution in [0.5, 0.6) is 0 Å². The van der Waals surface area contributed by atoms with Crippen molar-refractivity contribution in [1.29, 1.82) is 0 Å². The Balaban J connectivity index is 4.21. The van der Waals surface area contributed by atoms with E-state index in [0.717, 1.165) is 32.6 Å². The number of nitrogens with zero attached hydrogens (tertiary/aromatic N) is 1. The van der Waals surface area contributed by atoms with Crippen LogP contribution in [-0.4, -0.2) is 50.2 Å². The van der Waals surface area contributed by atoms with Gasteiger partial charge < -0.3 is 15.0 Å². The van der Waals surface area contributed by atoms with Gasteiger partial charge in [-0.15, -0.1) is 0 Å². The molecule has 1 atom stereocenters. The summed E-state index contributed by atoms with van der Waals surface area (Å²) < 4.78 is 4.83. The lowest BCUT2D eigenvalue weighted by Gasteiger charge is -2.25. The summed E-state index contributed by atoms with van der Waals surface area (Å²) in [6.45, 7) is 10.0. The Morgan fingerprint density at radius 3 is 2.47 bits per heavy atom. The lowest BCUT2D eigenvalue weighted by molar-refractivity contribution is -0.143. The summed E-state index contributed by atoms with van der Waals surface area (Å²) in [5.74, 6) is -0.159. The summed E-state index contributed by atoms with van der Waals surface area (Å²) in [6, 6.07) is -0.197. The van der Waals surface area contributed by atoms with Crippen molar-refractivity contribution in [1.82, 2.24) is 10.2 Å². The molecule has 1 unspecified atom stereocenters. The average molecular weight is 244 g/mol. The van der Waals surface area contributed by atoms with Crippen LogP contribution < -0.4 is 5.32 Å². The number of likely N-dealkylation sites (N-methyl/N-ethyl adjacent to an activating group) is 1. The summed E-state index contributed by atoms with van der Waals surface area (Å²) in [5, 5.41) is 3.25. The number of hydrogen-bond acceptors (Lipinski definition) is 4. The average Bonchev–Trinajstić information content (AvgIpc) is 2.37. The van der Waals surface area contributed by atoms with Gasteiger partial charge >= 0.3 is 5.97 Å². The van der Waals surface area contributed by atoms with Gasteiger partial charge in [-0.3, -0.25) is 4.79 Å². The van der Waals surface area contributed by atoms with E-state index in [2.05, 4.69) is 31.0 Å². The number of esters is 1. The van der Waals surface area contributed by atoms with E-state index >= 15 is 0 Å². The molecule has 0 amide bonds. The number of hydrogen-bond donors (Lipinski definition) is 1. The number of carbonyl (C=O) groups excluding carboxylic acids is 1. The summed E-state index contributed by atoms with van der Waals surface area (Å²) >= 11 is 0. The Morgan fingerprint density at radius 1 is 1.29 bits per heavy atom. The van der Waals surface area contributed by atoms with Gasteiger partial charge in [0.1, 0.15) is 6.04 Å². The maximum atomic E-state index is 11.6. The highest BCUT2D eigenvalue weighted by molar-refractivity contribution is 5.75. The molecule has 0 fully saturated rings. The van der Waals surface area contributed by atoms with Crippen LogP contribution >= 0.6 is 0 Å². The highest BCUT2D eigenvalue weighted by atomic mass is 16.5. The van der Waals surface area contributed by atoms with Crippen LogP contribution in [0.15, 0.2) is 0 Å². The van der Waals surface area contributed by atoms with Crippen molar-refractivity contribution in [3.8, 4) is 0 Å². The Morgan fingerprint density at radius 2 is 2.00 bits per heavy atom.